The molecular weight excluding hydrogens is 314 g/mol. The van der Waals surface area contributed by atoms with E-state index in [0.29, 0.717) is 0 Å². The van der Waals surface area contributed by atoms with Crippen molar-refractivity contribution in [2.24, 2.45) is 4.99 Å². The molecule has 2 aromatic rings. The van der Waals surface area contributed by atoms with E-state index >= 15 is 0 Å². The van der Waals surface area contributed by atoms with Crippen LogP contribution in [0.25, 0.3) is 0 Å². The summed E-state index contributed by atoms with van der Waals surface area (Å²) in [5.74, 6) is 2.35. The van der Waals surface area contributed by atoms with Gasteiger partial charge < -0.3 is 15.0 Å². The minimum absolute atomic E-state index is 0.0887. The fraction of sp³-hybridized carbons (Fsp3) is 0.300. The molecule has 128 valence electrons. The van der Waals surface area contributed by atoms with Gasteiger partial charge in [-0.3, -0.25) is 4.79 Å². The number of nitrogens with one attached hydrogen (secondary N) is 1. The van der Waals surface area contributed by atoms with Gasteiger partial charge in [0, 0.05) is 25.7 Å². The number of likely N-dealkylation sites (tertiary alicyclic amines) is 1. The zero-order chi connectivity index (χ0) is 17.2. The van der Waals surface area contributed by atoms with Crippen molar-refractivity contribution in [1.29, 1.82) is 0 Å². The number of carbonyl (C=O) groups excluding carboxylic acids is 1. The summed E-state index contributed by atoms with van der Waals surface area (Å²) in [5.41, 5.74) is 2.51. The normalized spacial score (nSPS) is 16.0. The molecular formula is C20H21N3O2. The maximum Gasteiger partial charge on any atom is 0.221 e. The fourth-order valence-electron chi connectivity index (χ4n) is 3.35. The van der Waals surface area contributed by atoms with Gasteiger partial charge in [0.2, 0.25) is 5.91 Å². The SMILES string of the molecule is CC(=O)Nc1ccc2c(c1)C(N1CCCCC1)=Nc1ccccc1O2. The molecule has 2 heterocycles. The number of carbonyl (C=O) groups is 1. The van der Waals surface area contributed by atoms with Crippen LogP contribution >= 0.6 is 0 Å². The maximum atomic E-state index is 11.4. The highest BCUT2D eigenvalue weighted by molar-refractivity contribution is 6.05. The van der Waals surface area contributed by atoms with Crippen LogP contribution in [0.2, 0.25) is 0 Å². The molecule has 5 nitrogen and oxygen atoms in total. The van der Waals surface area contributed by atoms with Crippen LogP contribution in [0.4, 0.5) is 11.4 Å². The van der Waals surface area contributed by atoms with Crippen molar-refractivity contribution in [1.82, 2.24) is 4.90 Å². The molecule has 1 saturated heterocycles. The lowest BCUT2D eigenvalue weighted by atomic mass is 10.1. The number of rotatable bonds is 1. The van der Waals surface area contributed by atoms with E-state index in [1.54, 1.807) is 0 Å². The van der Waals surface area contributed by atoms with E-state index in [2.05, 4.69) is 10.2 Å². The lowest BCUT2D eigenvalue weighted by molar-refractivity contribution is -0.114. The van der Waals surface area contributed by atoms with Gasteiger partial charge >= 0.3 is 0 Å². The highest BCUT2D eigenvalue weighted by Gasteiger charge is 2.24. The van der Waals surface area contributed by atoms with Crippen LogP contribution in [0.5, 0.6) is 11.5 Å². The van der Waals surface area contributed by atoms with Crippen molar-refractivity contribution in [3.05, 3.63) is 48.0 Å². The molecule has 2 aromatic carbocycles. The van der Waals surface area contributed by atoms with E-state index in [0.717, 1.165) is 47.4 Å². The Morgan fingerprint density at radius 3 is 2.68 bits per heavy atom. The molecule has 1 N–H and O–H groups in total. The number of fused-ring (bicyclic) bond motifs is 2. The molecule has 0 saturated carbocycles. The highest BCUT2D eigenvalue weighted by atomic mass is 16.5. The Morgan fingerprint density at radius 2 is 1.88 bits per heavy atom. The van der Waals surface area contributed by atoms with E-state index in [9.17, 15) is 4.79 Å². The Kier molecular flexibility index (Phi) is 4.14. The van der Waals surface area contributed by atoms with E-state index in [-0.39, 0.29) is 5.91 Å². The number of amides is 1. The molecule has 0 unspecified atom stereocenters. The summed E-state index contributed by atoms with van der Waals surface area (Å²) in [4.78, 5) is 18.7. The van der Waals surface area contributed by atoms with Gasteiger partial charge in [-0.1, -0.05) is 12.1 Å². The second-order valence-electron chi connectivity index (χ2n) is 6.45. The van der Waals surface area contributed by atoms with Crippen LogP contribution in [0.15, 0.2) is 47.5 Å². The van der Waals surface area contributed by atoms with Crippen molar-refractivity contribution in [3.8, 4) is 11.5 Å². The van der Waals surface area contributed by atoms with Crippen LogP contribution in [0, 0.1) is 0 Å². The summed E-state index contributed by atoms with van der Waals surface area (Å²) in [6.45, 7) is 3.49. The first kappa shape index (κ1) is 15.7. The Hall–Kier alpha value is -2.82. The highest BCUT2D eigenvalue weighted by Crippen LogP contribution is 2.39. The maximum absolute atomic E-state index is 11.4. The molecule has 4 rings (SSSR count). The quantitative estimate of drug-likeness (QED) is 0.844. The molecule has 2 aliphatic rings. The lowest BCUT2D eigenvalue weighted by Crippen LogP contribution is -2.36. The largest absolute Gasteiger partial charge is 0.454 e. The zero-order valence-corrected chi connectivity index (χ0v) is 14.3. The first-order valence-electron chi connectivity index (χ1n) is 8.73. The summed E-state index contributed by atoms with van der Waals surface area (Å²) in [5, 5.41) is 2.85. The van der Waals surface area contributed by atoms with Crippen LogP contribution < -0.4 is 10.1 Å². The van der Waals surface area contributed by atoms with Crippen LogP contribution in [0.3, 0.4) is 0 Å². The average Bonchev–Trinajstić information content (AvgIpc) is 2.78. The van der Waals surface area contributed by atoms with Gasteiger partial charge in [0.25, 0.3) is 0 Å². The third-order valence-electron chi connectivity index (χ3n) is 4.51. The first-order valence-corrected chi connectivity index (χ1v) is 8.73. The van der Waals surface area contributed by atoms with E-state index in [1.165, 1.54) is 26.2 Å². The zero-order valence-electron chi connectivity index (χ0n) is 14.3. The summed E-state index contributed by atoms with van der Waals surface area (Å²) >= 11 is 0. The second-order valence-corrected chi connectivity index (χ2v) is 6.45. The number of nitrogens with zero attached hydrogens (tertiary/aromatic N) is 2. The van der Waals surface area contributed by atoms with Crippen LogP contribution in [-0.2, 0) is 4.79 Å². The summed E-state index contributed by atoms with van der Waals surface area (Å²) in [6, 6.07) is 13.5. The fourth-order valence-corrected chi connectivity index (χ4v) is 3.35. The number of hydrogen-bond acceptors (Lipinski definition) is 4. The minimum atomic E-state index is -0.0887. The molecule has 5 heteroatoms. The van der Waals surface area contributed by atoms with E-state index < -0.39 is 0 Å². The van der Waals surface area contributed by atoms with Gasteiger partial charge in [-0.15, -0.1) is 0 Å². The minimum Gasteiger partial charge on any atom is -0.454 e. The van der Waals surface area contributed by atoms with Crippen molar-refractivity contribution in [2.75, 3.05) is 18.4 Å². The number of para-hydroxylation sites is 2. The molecule has 0 radical (unpaired) electrons. The number of anilines is 1. The Morgan fingerprint density at radius 1 is 1.08 bits per heavy atom. The van der Waals surface area contributed by atoms with Gasteiger partial charge in [-0.2, -0.15) is 0 Å². The molecule has 25 heavy (non-hydrogen) atoms. The van der Waals surface area contributed by atoms with Crippen molar-refractivity contribution in [3.63, 3.8) is 0 Å². The van der Waals surface area contributed by atoms with Crippen LogP contribution in [0.1, 0.15) is 31.7 Å². The number of benzene rings is 2. The molecule has 0 bridgehead atoms. The molecule has 1 amide bonds. The first-order chi connectivity index (χ1) is 12.2. The Balaban J connectivity index is 1.84. The van der Waals surface area contributed by atoms with Crippen molar-refractivity contribution in [2.45, 2.75) is 26.2 Å². The summed E-state index contributed by atoms with van der Waals surface area (Å²) in [7, 11) is 0. The van der Waals surface area contributed by atoms with Gasteiger partial charge in [-0.25, -0.2) is 4.99 Å². The Bertz CT molecular complexity index is 839. The molecule has 0 aliphatic carbocycles. The monoisotopic (exact) mass is 335 g/mol. The number of piperidine rings is 1. The average molecular weight is 335 g/mol. The number of ether oxygens (including phenoxy) is 1. The van der Waals surface area contributed by atoms with E-state index in [4.69, 9.17) is 9.73 Å². The summed E-state index contributed by atoms with van der Waals surface area (Å²) in [6.07, 6.45) is 3.60. The molecule has 0 aromatic heterocycles. The van der Waals surface area contributed by atoms with Gasteiger partial charge in [-0.05, 0) is 49.6 Å². The topological polar surface area (TPSA) is 53.9 Å². The van der Waals surface area contributed by atoms with E-state index in [1.807, 2.05) is 42.5 Å². The van der Waals surface area contributed by atoms with Gasteiger partial charge in [0.05, 0.1) is 5.56 Å². The molecule has 1 fully saturated rings. The third-order valence-corrected chi connectivity index (χ3v) is 4.51. The lowest BCUT2D eigenvalue weighted by Gasteiger charge is -2.30. The van der Waals surface area contributed by atoms with Crippen molar-refractivity contribution < 1.29 is 9.53 Å². The number of hydrogen-bond donors (Lipinski definition) is 1. The smallest absolute Gasteiger partial charge is 0.221 e. The van der Waals surface area contributed by atoms with Crippen molar-refractivity contribution >= 4 is 23.1 Å². The third kappa shape index (κ3) is 3.22. The number of amidine groups is 1. The second kappa shape index (κ2) is 6.59. The molecule has 0 spiro atoms. The Labute approximate surface area is 147 Å². The predicted octanol–water partition coefficient (Wildman–Crippen LogP) is 4.31. The summed E-state index contributed by atoms with van der Waals surface area (Å²) < 4.78 is 6.13. The predicted molar refractivity (Wildman–Crippen MR) is 98.9 cm³/mol. The standard InChI is InChI=1S/C20H21N3O2/c1-14(24)21-15-9-10-18-16(13-15)20(23-11-5-2-6-12-23)22-17-7-3-4-8-19(17)25-18/h3-4,7-10,13H,2,5-6,11-12H2,1H3,(H,21,24). The van der Waals surface area contributed by atoms with Gasteiger partial charge in [0.15, 0.2) is 5.75 Å². The van der Waals surface area contributed by atoms with Crippen LogP contribution in [-0.4, -0.2) is 29.7 Å². The molecule has 0 atom stereocenters. The van der Waals surface area contributed by atoms with Gasteiger partial charge in [0.1, 0.15) is 17.3 Å². The number of aliphatic imine (C=N–C) groups is 1. The molecule has 2 aliphatic heterocycles.